The van der Waals surface area contributed by atoms with Gasteiger partial charge in [0.25, 0.3) is 0 Å². The van der Waals surface area contributed by atoms with Crippen LogP contribution in [0.1, 0.15) is 44.1 Å². The Balaban J connectivity index is 1.84. The number of nitrogens with zero attached hydrogens (tertiary/aromatic N) is 2. The lowest BCUT2D eigenvalue weighted by Gasteiger charge is -2.13. The van der Waals surface area contributed by atoms with Gasteiger partial charge in [0.1, 0.15) is 5.82 Å². The quantitative estimate of drug-likeness (QED) is 0.749. The minimum Gasteiger partial charge on any atom is -0.332 e. The van der Waals surface area contributed by atoms with E-state index in [1.807, 2.05) is 0 Å². The molecule has 1 aliphatic heterocycles. The number of aromatic nitrogens is 2. The summed E-state index contributed by atoms with van der Waals surface area (Å²) in [6, 6.07) is 0. The Morgan fingerprint density at radius 2 is 2.33 bits per heavy atom. The molecule has 0 fully saturated rings. The van der Waals surface area contributed by atoms with Crippen molar-refractivity contribution in [3.05, 3.63) is 17.7 Å². The number of hydrogen-bond acceptors (Lipinski definition) is 2. The molecule has 1 aliphatic rings. The fourth-order valence-corrected chi connectivity index (χ4v) is 2.10. The Bertz CT molecular complexity index is 280. The number of unbranched alkanes of at least 4 members (excludes halogenated alkanes) is 3. The van der Waals surface area contributed by atoms with Crippen LogP contribution in [0.3, 0.4) is 0 Å². The molecule has 1 aromatic rings. The highest BCUT2D eigenvalue weighted by molar-refractivity contribution is 5.06. The molecule has 0 aliphatic carbocycles. The van der Waals surface area contributed by atoms with Crippen molar-refractivity contribution in [2.45, 2.75) is 52.1 Å². The first-order valence-corrected chi connectivity index (χ1v) is 6.16. The summed E-state index contributed by atoms with van der Waals surface area (Å²) < 4.78 is 2.30. The maximum atomic E-state index is 4.65. The predicted molar refractivity (Wildman–Crippen MR) is 61.8 cm³/mol. The van der Waals surface area contributed by atoms with Crippen LogP contribution < -0.4 is 5.32 Å². The van der Waals surface area contributed by atoms with Crippen molar-refractivity contribution in [3.8, 4) is 0 Å². The first-order chi connectivity index (χ1) is 7.40. The van der Waals surface area contributed by atoms with Crippen molar-refractivity contribution in [1.82, 2.24) is 14.9 Å². The molecule has 84 valence electrons. The highest BCUT2D eigenvalue weighted by Crippen LogP contribution is 2.10. The van der Waals surface area contributed by atoms with E-state index in [0.29, 0.717) is 0 Å². The number of rotatable bonds is 5. The Morgan fingerprint density at radius 3 is 3.13 bits per heavy atom. The van der Waals surface area contributed by atoms with Crippen LogP contribution in [0.4, 0.5) is 0 Å². The standard InChI is InChI=1S/C12H21N3/c1-2-3-4-5-6-11-10-15-8-7-13-9-12(15)14-11/h10,13H,2-9H2,1H3. The number of nitrogens with one attached hydrogen (secondary N) is 1. The van der Waals surface area contributed by atoms with Crippen LogP contribution in [0.15, 0.2) is 6.20 Å². The smallest absolute Gasteiger partial charge is 0.123 e. The molecule has 2 heterocycles. The maximum Gasteiger partial charge on any atom is 0.123 e. The van der Waals surface area contributed by atoms with Crippen molar-refractivity contribution in [3.63, 3.8) is 0 Å². The molecule has 0 unspecified atom stereocenters. The van der Waals surface area contributed by atoms with Gasteiger partial charge in [-0.05, 0) is 12.8 Å². The van der Waals surface area contributed by atoms with Gasteiger partial charge in [-0.1, -0.05) is 26.2 Å². The van der Waals surface area contributed by atoms with Gasteiger partial charge in [0, 0.05) is 19.3 Å². The van der Waals surface area contributed by atoms with Gasteiger partial charge in [-0.2, -0.15) is 0 Å². The third-order valence-electron chi connectivity index (χ3n) is 3.01. The van der Waals surface area contributed by atoms with Gasteiger partial charge in [-0.15, -0.1) is 0 Å². The second kappa shape index (κ2) is 5.31. The molecule has 0 spiro atoms. The summed E-state index contributed by atoms with van der Waals surface area (Å²) in [6.45, 7) is 5.35. The normalized spacial score (nSPS) is 15.3. The Morgan fingerprint density at radius 1 is 1.40 bits per heavy atom. The first kappa shape index (κ1) is 10.7. The van der Waals surface area contributed by atoms with Crippen LogP contribution in [0.2, 0.25) is 0 Å². The van der Waals surface area contributed by atoms with E-state index in [2.05, 4.69) is 28.0 Å². The Kier molecular flexibility index (Phi) is 3.78. The maximum absolute atomic E-state index is 4.65. The highest BCUT2D eigenvalue weighted by Gasteiger charge is 2.10. The van der Waals surface area contributed by atoms with E-state index in [9.17, 15) is 0 Å². The minimum atomic E-state index is 0.939. The second-order valence-corrected chi connectivity index (χ2v) is 4.33. The van der Waals surface area contributed by atoms with Crippen LogP contribution in [0.5, 0.6) is 0 Å². The topological polar surface area (TPSA) is 29.9 Å². The predicted octanol–water partition coefficient (Wildman–Crippen LogP) is 2.11. The largest absolute Gasteiger partial charge is 0.332 e. The molecule has 0 saturated heterocycles. The molecule has 1 N–H and O–H groups in total. The molecule has 0 bridgehead atoms. The van der Waals surface area contributed by atoms with Gasteiger partial charge in [-0.3, -0.25) is 0 Å². The SMILES string of the molecule is CCCCCCc1cn2c(n1)CNCC2. The summed E-state index contributed by atoms with van der Waals surface area (Å²) in [6.07, 6.45) is 8.69. The van der Waals surface area contributed by atoms with Crippen molar-refractivity contribution < 1.29 is 0 Å². The minimum absolute atomic E-state index is 0.939. The molecule has 0 amide bonds. The lowest BCUT2D eigenvalue weighted by atomic mass is 10.1. The van der Waals surface area contributed by atoms with Crippen LogP contribution >= 0.6 is 0 Å². The zero-order valence-corrected chi connectivity index (χ0v) is 9.63. The van der Waals surface area contributed by atoms with Gasteiger partial charge in [-0.25, -0.2) is 4.98 Å². The van der Waals surface area contributed by atoms with Gasteiger partial charge in [0.05, 0.1) is 12.2 Å². The summed E-state index contributed by atoms with van der Waals surface area (Å²) >= 11 is 0. The summed E-state index contributed by atoms with van der Waals surface area (Å²) in [4.78, 5) is 4.65. The van der Waals surface area contributed by atoms with Crippen molar-refractivity contribution in [2.24, 2.45) is 0 Å². The number of aryl methyl sites for hydroxylation is 1. The fourth-order valence-electron chi connectivity index (χ4n) is 2.10. The Labute approximate surface area is 91.9 Å². The summed E-state index contributed by atoms with van der Waals surface area (Å²) in [5.41, 5.74) is 1.28. The van der Waals surface area contributed by atoms with Crippen molar-refractivity contribution >= 4 is 0 Å². The summed E-state index contributed by atoms with van der Waals surface area (Å²) in [5, 5.41) is 3.35. The van der Waals surface area contributed by atoms with Gasteiger partial charge in [0.2, 0.25) is 0 Å². The highest BCUT2D eigenvalue weighted by atomic mass is 15.1. The zero-order chi connectivity index (χ0) is 10.5. The third kappa shape index (κ3) is 2.81. The van der Waals surface area contributed by atoms with Crippen LogP contribution in [0.25, 0.3) is 0 Å². The second-order valence-electron chi connectivity index (χ2n) is 4.33. The number of fused-ring (bicyclic) bond motifs is 1. The summed E-state index contributed by atoms with van der Waals surface area (Å²) in [7, 11) is 0. The van der Waals surface area contributed by atoms with E-state index in [1.165, 1.54) is 37.2 Å². The van der Waals surface area contributed by atoms with E-state index in [-0.39, 0.29) is 0 Å². The average Bonchev–Trinajstić information content (AvgIpc) is 2.67. The molecule has 2 rings (SSSR count). The molecule has 0 saturated carbocycles. The molecule has 1 aromatic heterocycles. The zero-order valence-electron chi connectivity index (χ0n) is 9.63. The van der Waals surface area contributed by atoms with E-state index in [4.69, 9.17) is 0 Å². The monoisotopic (exact) mass is 207 g/mol. The molecule has 0 radical (unpaired) electrons. The molecule has 15 heavy (non-hydrogen) atoms. The third-order valence-corrected chi connectivity index (χ3v) is 3.01. The Hall–Kier alpha value is -0.830. The van der Waals surface area contributed by atoms with Gasteiger partial charge in [0.15, 0.2) is 0 Å². The van der Waals surface area contributed by atoms with E-state index < -0.39 is 0 Å². The van der Waals surface area contributed by atoms with Gasteiger partial charge >= 0.3 is 0 Å². The molecular formula is C12H21N3. The van der Waals surface area contributed by atoms with Crippen molar-refractivity contribution in [1.29, 1.82) is 0 Å². The fraction of sp³-hybridized carbons (Fsp3) is 0.750. The van der Waals surface area contributed by atoms with E-state index in [0.717, 1.165) is 26.1 Å². The van der Waals surface area contributed by atoms with Crippen LogP contribution in [-0.4, -0.2) is 16.1 Å². The van der Waals surface area contributed by atoms with E-state index in [1.54, 1.807) is 0 Å². The lowest BCUT2D eigenvalue weighted by molar-refractivity contribution is 0.505. The van der Waals surface area contributed by atoms with E-state index >= 15 is 0 Å². The van der Waals surface area contributed by atoms with Crippen molar-refractivity contribution in [2.75, 3.05) is 6.54 Å². The molecule has 3 heteroatoms. The first-order valence-electron chi connectivity index (χ1n) is 6.16. The van der Waals surface area contributed by atoms with Crippen LogP contribution in [0, 0.1) is 0 Å². The molecule has 0 atom stereocenters. The average molecular weight is 207 g/mol. The van der Waals surface area contributed by atoms with Crippen LogP contribution in [-0.2, 0) is 19.5 Å². The number of hydrogen-bond donors (Lipinski definition) is 1. The molecule has 3 nitrogen and oxygen atoms in total. The van der Waals surface area contributed by atoms with Gasteiger partial charge < -0.3 is 9.88 Å². The summed E-state index contributed by atoms with van der Waals surface area (Å²) in [5.74, 6) is 1.21. The molecular weight excluding hydrogens is 186 g/mol. The lowest BCUT2D eigenvalue weighted by Crippen LogP contribution is -2.27. The number of imidazole rings is 1. The molecule has 0 aromatic carbocycles.